The van der Waals surface area contributed by atoms with Crippen LogP contribution < -0.4 is 0 Å². The Hall–Kier alpha value is -1.29. The number of aromatic nitrogens is 3. The molecule has 0 fully saturated rings. The summed E-state index contributed by atoms with van der Waals surface area (Å²) in [6.07, 6.45) is 4.55. The second kappa shape index (κ2) is 6.05. The summed E-state index contributed by atoms with van der Waals surface area (Å²) in [7, 11) is 0. The van der Waals surface area contributed by atoms with E-state index >= 15 is 0 Å². The molecule has 0 unspecified atom stereocenters. The van der Waals surface area contributed by atoms with Gasteiger partial charge in [0.2, 0.25) is 0 Å². The minimum Gasteiger partial charge on any atom is -0.261 e. The van der Waals surface area contributed by atoms with Gasteiger partial charge in [0.1, 0.15) is 10.4 Å². The van der Waals surface area contributed by atoms with Crippen molar-refractivity contribution in [2.45, 2.75) is 33.1 Å². The molecule has 0 aromatic carbocycles. The van der Waals surface area contributed by atoms with Crippen LogP contribution in [0.2, 0.25) is 0 Å². The lowest BCUT2D eigenvalue weighted by molar-refractivity contribution is 0.877. The Labute approximate surface area is 116 Å². The maximum absolute atomic E-state index is 4.51. The van der Waals surface area contributed by atoms with Crippen molar-refractivity contribution in [2.24, 2.45) is 0 Å². The molecule has 0 aliphatic carbocycles. The summed E-state index contributed by atoms with van der Waals surface area (Å²) in [5, 5.41) is 0. The third-order valence-electron chi connectivity index (χ3n) is 2.77. The third-order valence-corrected chi connectivity index (χ3v) is 3.17. The van der Waals surface area contributed by atoms with Gasteiger partial charge in [0.25, 0.3) is 0 Å². The van der Waals surface area contributed by atoms with Crippen molar-refractivity contribution in [3.63, 3.8) is 0 Å². The molecule has 0 amide bonds. The fourth-order valence-electron chi connectivity index (χ4n) is 1.72. The zero-order valence-electron chi connectivity index (χ0n) is 10.7. The van der Waals surface area contributed by atoms with Gasteiger partial charge in [-0.05, 0) is 40.0 Å². The van der Waals surface area contributed by atoms with E-state index in [1.807, 2.05) is 12.3 Å². The first-order valence-electron chi connectivity index (χ1n) is 6.17. The molecule has 0 radical (unpaired) electrons. The first kappa shape index (κ1) is 13.1. The lowest BCUT2D eigenvalue weighted by Gasteiger charge is -2.04. The minimum absolute atomic E-state index is 0.748. The molecule has 2 aromatic heterocycles. The Morgan fingerprint density at radius 2 is 1.89 bits per heavy atom. The van der Waals surface area contributed by atoms with Gasteiger partial charge >= 0.3 is 0 Å². The Balaban J connectivity index is 2.19. The highest BCUT2D eigenvalue weighted by Crippen LogP contribution is 2.12. The highest BCUT2D eigenvalue weighted by molar-refractivity contribution is 9.10. The predicted octanol–water partition coefficient (Wildman–Crippen LogP) is 3.35. The monoisotopic (exact) mass is 305 g/mol. The Morgan fingerprint density at radius 3 is 2.50 bits per heavy atom. The number of rotatable bonds is 4. The van der Waals surface area contributed by atoms with Crippen LogP contribution in [0.4, 0.5) is 0 Å². The van der Waals surface area contributed by atoms with Crippen LogP contribution in [0.5, 0.6) is 0 Å². The first-order valence-corrected chi connectivity index (χ1v) is 6.96. The van der Waals surface area contributed by atoms with Gasteiger partial charge in [-0.15, -0.1) is 0 Å². The van der Waals surface area contributed by atoms with Crippen LogP contribution in [0, 0.1) is 0 Å². The molecule has 0 atom stereocenters. The first-order chi connectivity index (χ1) is 8.71. The summed E-state index contributed by atoms with van der Waals surface area (Å²) >= 11 is 3.42. The van der Waals surface area contributed by atoms with Gasteiger partial charge in [0.15, 0.2) is 0 Å². The van der Waals surface area contributed by atoms with Crippen molar-refractivity contribution in [1.29, 1.82) is 0 Å². The van der Waals surface area contributed by atoms with Crippen LogP contribution in [0.15, 0.2) is 29.0 Å². The van der Waals surface area contributed by atoms with Crippen molar-refractivity contribution in [2.75, 3.05) is 0 Å². The summed E-state index contributed by atoms with van der Waals surface area (Å²) in [6.45, 7) is 4.19. The summed E-state index contributed by atoms with van der Waals surface area (Å²) in [5.74, 6) is 0.865. The molecule has 2 rings (SSSR count). The Bertz CT molecular complexity index is 523. The number of aryl methyl sites for hydroxylation is 2. The van der Waals surface area contributed by atoms with Crippen LogP contribution in [-0.4, -0.2) is 15.0 Å². The second-order valence-electron chi connectivity index (χ2n) is 4.14. The molecule has 0 bridgehead atoms. The zero-order valence-corrected chi connectivity index (χ0v) is 12.2. The van der Waals surface area contributed by atoms with E-state index in [9.17, 15) is 0 Å². The fraction of sp³-hybridized carbons (Fsp3) is 0.357. The summed E-state index contributed by atoms with van der Waals surface area (Å²) < 4.78 is 0.842. The van der Waals surface area contributed by atoms with Gasteiger partial charge in [0, 0.05) is 24.7 Å². The van der Waals surface area contributed by atoms with Gasteiger partial charge < -0.3 is 0 Å². The lowest BCUT2D eigenvalue weighted by atomic mass is 10.1. The lowest BCUT2D eigenvalue weighted by Crippen LogP contribution is -2.01. The number of nitrogens with zero attached hydrogens (tertiary/aromatic N) is 3. The van der Waals surface area contributed by atoms with Gasteiger partial charge in [-0.2, -0.15) is 0 Å². The van der Waals surface area contributed by atoms with E-state index in [1.54, 1.807) is 0 Å². The normalized spacial score (nSPS) is 10.6. The molecule has 0 spiro atoms. The smallest absolute Gasteiger partial charge is 0.129 e. The number of halogens is 1. The average molecular weight is 306 g/mol. The number of pyridine rings is 1. The Kier molecular flexibility index (Phi) is 4.42. The van der Waals surface area contributed by atoms with E-state index in [1.165, 1.54) is 5.56 Å². The summed E-state index contributed by atoms with van der Waals surface area (Å²) in [4.78, 5) is 13.3. The predicted molar refractivity (Wildman–Crippen MR) is 75.5 cm³/mol. The largest absolute Gasteiger partial charge is 0.261 e. The third kappa shape index (κ3) is 3.35. The molecule has 2 aromatic rings. The van der Waals surface area contributed by atoms with Crippen molar-refractivity contribution in [3.05, 3.63) is 51.8 Å². The summed E-state index contributed by atoms with van der Waals surface area (Å²) in [6, 6.07) is 6.15. The van der Waals surface area contributed by atoms with Crippen LogP contribution in [0.3, 0.4) is 0 Å². The molecule has 0 saturated heterocycles. The topological polar surface area (TPSA) is 38.7 Å². The molecule has 2 heterocycles. The zero-order chi connectivity index (χ0) is 13.0. The Morgan fingerprint density at radius 1 is 1.06 bits per heavy atom. The van der Waals surface area contributed by atoms with E-state index in [0.29, 0.717) is 0 Å². The molecular weight excluding hydrogens is 290 g/mol. The molecule has 4 heteroatoms. The average Bonchev–Trinajstić information content (AvgIpc) is 2.39. The quantitative estimate of drug-likeness (QED) is 0.813. The highest BCUT2D eigenvalue weighted by Gasteiger charge is 2.04. The minimum atomic E-state index is 0.748. The van der Waals surface area contributed by atoms with E-state index in [-0.39, 0.29) is 0 Å². The molecule has 3 nitrogen and oxygen atoms in total. The molecule has 0 saturated carbocycles. The maximum atomic E-state index is 4.51. The molecule has 94 valence electrons. The van der Waals surface area contributed by atoms with Crippen molar-refractivity contribution >= 4 is 15.9 Å². The van der Waals surface area contributed by atoms with Crippen molar-refractivity contribution in [1.82, 2.24) is 15.0 Å². The molecule has 0 N–H and O–H groups in total. The standard InChI is InChI=1S/C14H16BrN3/c1-3-10-5-6-11(16-9-10)7-12-8-13(15)18-14(4-2)17-12/h5-6,8-9H,3-4,7H2,1-2H3. The van der Waals surface area contributed by atoms with Crippen molar-refractivity contribution in [3.8, 4) is 0 Å². The van der Waals surface area contributed by atoms with Gasteiger partial charge in [-0.25, -0.2) is 9.97 Å². The highest BCUT2D eigenvalue weighted by atomic mass is 79.9. The molecular formula is C14H16BrN3. The van der Waals surface area contributed by atoms with Crippen LogP contribution in [0.25, 0.3) is 0 Å². The van der Waals surface area contributed by atoms with Crippen LogP contribution >= 0.6 is 15.9 Å². The van der Waals surface area contributed by atoms with Crippen molar-refractivity contribution < 1.29 is 0 Å². The van der Waals surface area contributed by atoms with Gasteiger partial charge in [0.05, 0.1) is 5.69 Å². The SMILES string of the molecule is CCc1ccc(Cc2cc(Br)nc(CC)n2)nc1. The van der Waals surface area contributed by atoms with Gasteiger partial charge in [-0.1, -0.05) is 19.9 Å². The summed E-state index contributed by atoms with van der Waals surface area (Å²) in [5.41, 5.74) is 3.31. The fourth-order valence-corrected chi connectivity index (χ4v) is 2.19. The maximum Gasteiger partial charge on any atom is 0.129 e. The van der Waals surface area contributed by atoms with Crippen LogP contribution in [-0.2, 0) is 19.3 Å². The molecule has 18 heavy (non-hydrogen) atoms. The second-order valence-corrected chi connectivity index (χ2v) is 4.95. The molecule has 0 aliphatic heterocycles. The van der Waals surface area contributed by atoms with Crippen LogP contribution in [0.1, 0.15) is 36.6 Å². The van der Waals surface area contributed by atoms with E-state index in [0.717, 1.165) is 41.1 Å². The van der Waals surface area contributed by atoms with E-state index < -0.39 is 0 Å². The number of hydrogen-bond donors (Lipinski definition) is 0. The number of hydrogen-bond acceptors (Lipinski definition) is 3. The van der Waals surface area contributed by atoms with E-state index in [4.69, 9.17) is 0 Å². The molecule has 0 aliphatic rings. The van der Waals surface area contributed by atoms with Gasteiger partial charge in [-0.3, -0.25) is 4.98 Å². The van der Waals surface area contributed by atoms with E-state index in [2.05, 4.69) is 56.9 Å².